The van der Waals surface area contributed by atoms with Gasteiger partial charge >= 0.3 is 139 Å². The van der Waals surface area contributed by atoms with Gasteiger partial charge in [0, 0.05) is 0 Å². The van der Waals surface area contributed by atoms with E-state index in [9.17, 15) is 0 Å². The van der Waals surface area contributed by atoms with Crippen LogP contribution in [0.2, 0.25) is 0 Å². The Hall–Kier alpha value is 2.35. The Labute approximate surface area is 363 Å². The van der Waals surface area contributed by atoms with Gasteiger partial charge in [-0.25, -0.2) is 0 Å². The summed E-state index contributed by atoms with van der Waals surface area (Å²) in [6.45, 7) is 24.1. The molecule has 0 fully saturated rings. The Morgan fingerprint density at radius 3 is 0.543 bits per heavy atom. The molecule has 0 radical (unpaired) electrons. The molecule has 0 saturated carbocycles. The molecule has 0 bridgehead atoms. The zero-order valence-corrected chi connectivity index (χ0v) is 38.9. The van der Waals surface area contributed by atoms with Gasteiger partial charge in [-0.05, 0) is 0 Å². The Balaban J connectivity index is -0.0000000286. The first-order valence-electron chi connectivity index (χ1n) is 14.0. The second-order valence-corrected chi connectivity index (χ2v) is 9.99. The molecule has 0 aromatic rings. The van der Waals surface area contributed by atoms with Gasteiger partial charge in [0.25, 0.3) is 0 Å². The van der Waals surface area contributed by atoms with E-state index in [4.69, 9.17) is 0 Å². The summed E-state index contributed by atoms with van der Waals surface area (Å²) in [6, 6.07) is 0. The molecular formula is C31H55Cl8N4V3. The van der Waals surface area contributed by atoms with E-state index in [-0.39, 0.29) is 99.3 Å². The molecule has 3 rings (SSSR count). The molecule has 15 heteroatoms. The van der Waals surface area contributed by atoms with E-state index < -0.39 is 0 Å². The number of hydrogen-bond acceptors (Lipinski definition) is 0. The van der Waals surface area contributed by atoms with Crippen molar-refractivity contribution in [3.63, 3.8) is 0 Å². The van der Waals surface area contributed by atoms with Crippen LogP contribution >= 0.6 is 0 Å². The molecule has 0 spiro atoms. The van der Waals surface area contributed by atoms with Crippen LogP contribution in [0.1, 0.15) is 74.7 Å². The molecule has 3 aliphatic carbocycles. The monoisotopic (exact) mass is 916 g/mol. The van der Waals surface area contributed by atoms with Gasteiger partial charge in [-0.15, -0.1) is 0 Å². The summed E-state index contributed by atoms with van der Waals surface area (Å²) in [5, 5.41) is 15.9. The van der Waals surface area contributed by atoms with Crippen LogP contribution in [0.4, 0.5) is 0 Å². The zero-order chi connectivity index (χ0) is 29.7. The van der Waals surface area contributed by atoms with Crippen LogP contribution in [0.15, 0.2) is 67.5 Å². The van der Waals surface area contributed by atoms with E-state index in [1.165, 1.54) is 12.9 Å². The molecule has 0 aromatic heterocycles. The Morgan fingerprint density at radius 2 is 0.522 bits per heavy atom. The average molecular weight is 920 g/mol. The molecule has 0 heterocycles. The van der Waals surface area contributed by atoms with Crippen LogP contribution < -0.4 is 99.3 Å². The molecule has 0 saturated heterocycles. The molecule has 0 aliphatic heterocycles. The molecule has 4 nitrogen and oxygen atoms in total. The van der Waals surface area contributed by atoms with Crippen molar-refractivity contribution in [3.05, 3.63) is 88.8 Å². The maximum atomic E-state index is 3.97. The number of rotatable bonds is 8. The number of halogens is 8. The summed E-state index contributed by atoms with van der Waals surface area (Å²) in [4.78, 5) is 0. The minimum absolute atomic E-state index is 0. The summed E-state index contributed by atoms with van der Waals surface area (Å²) < 4.78 is 4.22. The SMILES string of the molecule is CC[N-]CC.CC[N-]CC.CC[N-]CC.CC[N-]CC.[Cl-].[Cl-].[Cl-].[Cl-].[Cl-].[Cl-].[Cl-].[Cl-].[V+4][C]1=CC=CC1.[V+4][C]1=CC=CC1.[V+4][C]1=CC=CC1. The first kappa shape index (κ1) is 82.0. The first-order chi connectivity index (χ1) is 18.3. The van der Waals surface area contributed by atoms with Crippen molar-refractivity contribution in [3.8, 4) is 0 Å². The van der Waals surface area contributed by atoms with E-state index in [0.717, 1.165) is 71.6 Å². The number of allylic oxidation sites excluding steroid dienone is 12. The van der Waals surface area contributed by atoms with Gasteiger partial charge in [-0.2, -0.15) is 52.4 Å². The topological polar surface area (TPSA) is 56.4 Å². The Kier molecular flexibility index (Phi) is 145. The van der Waals surface area contributed by atoms with Crippen LogP contribution in [0.5, 0.6) is 0 Å². The van der Waals surface area contributed by atoms with E-state index in [2.05, 4.69) is 128 Å². The summed E-state index contributed by atoms with van der Waals surface area (Å²) in [5.74, 6) is 0. The third kappa shape index (κ3) is 97.0. The molecule has 270 valence electrons. The van der Waals surface area contributed by atoms with E-state index >= 15 is 0 Å². The summed E-state index contributed by atoms with van der Waals surface area (Å²) in [7, 11) is 0. The molecule has 0 amide bonds. The molecular weight excluding hydrogens is 865 g/mol. The van der Waals surface area contributed by atoms with Crippen LogP contribution in [0, 0.1) is 0 Å². The van der Waals surface area contributed by atoms with Crippen molar-refractivity contribution in [2.24, 2.45) is 0 Å². The van der Waals surface area contributed by atoms with Crippen molar-refractivity contribution in [2.45, 2.75) is 74.7 Å². The fourth-order valence-corrected chi connectivity index (χ4v) is 3.10. The van der Waals surface area contributed by atoms with E-state index in [0.29, 0.717) is 0 Å². The van der Waals surface area contributed by atoms with Gasteiger partial charge in [0.05, 0.1) is 0 Å². The molecule has 0 N–H and O–H groups in total. The third-order valence-corrected chi connectivity index (χ3v) is 5.60. The van der Waals surface area contributed by atoms with Gasteiger partial charge in [0.15, 0.2) is 0 Å². The second-order valence-electron chi connectivity index (χ2n) is 7.30. The van der Waals surface area contributed by atoms with Crippen LogP contribution in [0.25, 0.3) is 21.3 Å². The number of nitrogens with zero attached hydrogens (tertiary/aromatic N) is 4. The van der Waals surface area contributed by atoms with Crippen molar-refractivity contribution in [1.82, 2.24) is 0 Å². The van der Waals surface area contributed by atoms with Crippen LogP contribution in [-0.2, 0) is 52.3 Å². The average Bonchev–Trinajstić information content (AvgIpc) is 3.69. The molecule has 0 atom stereocenters. The van der Waals surface area contributed by atoms with Crippen molar-refractivity contribution < 1.29 is 152 Å². The Morgan fingerprint density at radius 1 is 0.370 bits per heavy atom. The van der Waals surface area contributed by atoms with Gasteiger partial charge in [0.1, 0.15) is 0 Å². The molecule has 0 unspecified atom stereocenters. The Bertz CT molecular complexity index is 557. The second kappa shape index (κ2) is 81.4. The van der Waals surface area contributed by atoms with Crippen LogP contribution in [-0.4, -0.2) is 52.4 Å². The molecule has 46 heavy (non-hydrogen) atoms. The zero-order valence-electron chi connectivity index (χ0n) is 28.6. The normalized spacial score (nSPS) is 11.0. The minimum atomic E-state index is 0. The quantitative estimate of drug-likeness (QED) is 0.233. The first-order valence-corrected chi connectivity index (χ1v) is 16.1. The van der Waals surface area contributed by atoms with Crippen molar-refractivity contribution in [1.29, 1.82) is 0 Å². The standard InChI is InChI=1S/3C5H5.4C4H10N.8ClH.3V/c3*1-2-4-5-3-1;4*1-3-5-4-2;;;;;;;;;;;/h3*1-3H,4H2;4*3-4H2,1-2H3;8*1H;;;/q;;;4*-1;;;;;;;;;3*+4/p-8. The predicted molar refractivity (Wildman–Crippen MR) is 163 cm³/mol. The fraction of sp³-hybridized carbons (Fsp3) is 0.613. The van der Waals surface area contributed by atoms with Gasteiger partial charge in [0.2, 0.25) is 0 Å². The summed E-state index contributed by atoms with van der Waals surface area (Å²) >= 11 is 7.61. The van der Waals surface area contributed by atoms with E-state index in [1.807, 2.05) is 55.4 Å². The summed E-state index contributed by atoms with van der Waals surface area (Å²) in [5.41, 5.74) is 0. The predicted octanol–water partition coefficient (Wildman–Crippen LogP) is -14.2. The van der Waals surface area contributed by atoms with E-state index in [1.54, 1.807) is 0 Å². The van der Waals surface area contributed by atoms with Crippen molar-refractivity contribution >= 4 is 0 Å². The third-order valence-electron chi connectivity index (χ3n) is 4.04. The van der Waals surface area contributed by atoms with Gasteiger partial charge in [-0.3, -0.25) is 0 Å². The molecule has 0 aromatic carbocycles. The van der Waals surface area contributed by atoms with Gasteiger partial charge in [-0.1, -0.05) is 55.4 Å². The van der Waals surface area contributed by atoms with Crippen molar-refractivity contribution in [2.75, 3.05) is 52.4 Å². The van der Waals surface area contributed by atoms with Crippen LogP contribution in [0.3, 0.4) is 0 Å². The fourth-order valence-electron chi connectivity index (χ4n) is 2.20. The number of hydrogen-bond donors (Lipinski definition) is 0. The summed E-state index contributed by atoms with van der Waals surface area (Å²) in [6.07, 6.45) is 22.4. The maximum absolute atomic E-state index is 3.97. The molecule has 3 aliphatic rings. The van der Waals surface area contributed by atoms with Gasteiger partial charge < -0.3 is 121 Å².